The molecule has 1 N–H and O–H groups in total. The van der Waals surface area contributed by atoms with Crippen molar-refractivity contribution in [3.63, 3.8) is 0 Å². The third-order valence-electron chi connectivity index (χ3n) is 0.809. The summed E-state index contributed by atoms with van der Waals surface area (Å²) in [7, 11) is -3.13. The van der Waals surface area contributed by atoms with Crippen LogP contribution in [-0.2, 0) is 13.6 Å². The van der Waals surface area contributed by atoms with Crippen LogP contribution in [0.15, 0.2) is 0 Å². The maximum atomic E-state index is 11.4. The van der Waals surface area contributed by atoms with Gasteiger partial charge in [0.2, 0.25) is 0 Å². The molecule has 0 aromatic carbocycles. The summed E-state index contributed by atoms with van der Waals surface area (Å²) >= 11 is 4.46. The summed E-state index contributed by atoms with van der Waals surface area (Å²) in [6.07, 6.45) is 0. The molecule has 0 aliphatic heterocycles. The first-order valence-corrected chi connectivity index (χ1v) is 5.30. The van der Waals surface area contributed by atoms with E-state index in [4.69, 9.17) is 9.05 Å². The van der Waals surface area contributed by atoms with E-state index in [0.29, 0.717) is 13.2 Å². The summed E-state index contributed by atoms with van der Waals surface area (Å²) in [6.45, 7) is 4.12. The van der Waals surface area contributed by atoms with Crippen molar-refractivity contribution in [3.8, 4) is 0 Å². The van der Waals surface area contributed by atoms with Gasteiger partial charge in [-0.2, -0.15) is 0 Å². The minimum atomic E-state index is -3.13. The lowest BCUT2D eigenvalue weighted by atomic mass is 10.9. The van der Waals surface area contributed by atoms with E-state index >= 15 is 0 Å². The quantitative estimate of drug-likeness (QED) is 0.519. The largest absolute Gasteiger partial charge is 0.432 e. The van der Waals surface area contributed by atoms with Gasteiger partial charge >= 0.3 is 7.75 Å². The average molecular weight is 197 g/mol. The van der Waals surface area contributed by atoms with Gasteiger partial charge in [-0.3, -0.25) is 14.1 Å². The molecule has 0 radical (unpaired) electrons. The van der Waals surface area contributed by atoms with Crippen LogP contribution in [-0.4, -0.2) is 18.7 Å². The lowest BCUT2D eigenvalue weighted by Gasteiger charge is -2.14. The van der Waals surface area contributed by atoms with Crippen molar-refractivity contribution in [3.05, 3.63) is 0 Å². The molecule has 0 atom stereocenters. The molecular weight excluding hydrogens is 185 g/mol. The maximum Gasteiger partial charge on any atom is 0.432 e. The molecule has 0 amide bonds. The number of rotatable bonds is 6. The third kappa shape index (κ3) is 4.48. The van der Waals surface area contributed by atoms with Gasteiger partial charge in [-0.1, -0.05) is 12.2 Å². The van der Waals surface area contributed by atoms with Crippen molar-refractivity contribution in [2.24, 2.45) is 0 Å². The molecule has 66 valence electrons. The Morgan fingerprint density at radius 2 is 1.91 bits per heavy atom. The predicted octanol–water partition coefficient (Wildman–Crippen LogP) is 1.71. The summed E-state index contributed by atoms with van der Waals surface area (Å²) in [5, 5.41) is 2.36. The van der Waals surface area contributed by atoms with E-state index in [1.807, 2.05) is 0 Å². The first-order valence-electron chi connectivity index (χ1n) is 3.29. The van der Waals surface area contributed by atoms with Gasteiger partial charge in [-0.05, 0) is 13.8 Å². The molecular formula is C5H12NO3PS. The Labute approximate surface area is 71.9 Å². The zero-order valence-electron chi connectivity index (χ0n) is 6.57. The highest BCUT2D eigenvalue weighted by Crippen LogP contribution is 2.42. The second kappa shape index (κ2) is 5.66. The molecule has 0 saturated heterocycles. The molecule has 0 rings (SSSR count). The van der Waals surface area contributed by atoms with Crippen LogP contribution in [0.1, 0.15) is 13.8 Å². The van der Waals surface area contributed by atoms with Gasteiger partial charge in [0.15, 0.2) is 0 Å². The van der Waals surface area contributed by atoms with Gasteiger partial charge in [0.25, 0.3) is 0 Å². The summed E-state index contributed by atoms with van der Waals surface area (Å²) in [5.41, 5.74) is 1.13. The van der Waals surface area contributed by atoms with Crippen LogP contribution in [0.5, 0.6) is 0 Å². The molecule has 0 saturated carbocycles. The smallest absolute Gasteiger partial charge is 0.293 e. The summed E-state index contributed by atoms with van der Waals surface area (Å²) in [5.74, 6) is 0. The van der Waals surface area contributed by atoms with Crippen molar-refractivity contribution in [1.82, 2.24) is 5.09 Å². The van der Waals surface area contributed by atoms with Crippen LogP contribution in [0.3, 0.4) is 0 Å². The Hall–Kier alpha value is 0.0400. The SMILES string of the molecule is CCOP(=O)(NC=S)OCC. The molecule has 11 heavy (non-hydrogen) atoms. The van der Waals surface area contributed by atoms with Gasteiger partial charge in [0.1, 0.15) is 0 Å². The second-order valence-corrected chi connectivity index (χ2v) is 3.59. The van der Waals surface area contributed by atoms with Crippen LogP contribution in [0, 0.1) is 0 Å². The third-order valence-corrected chi connectivity index (χ3v) is 2.74. The Morgan fingerprint density at radius 1 is 1.45 bits per heavy atom. The Kier molecular flexibility index (Phi) is 5.68. The number of hydrogen-bond donors (Lipinski definition) is 1. The maximum absolute atomic E-state index is 11.4. The normalized spacial score (nSPS) is 11.1. The predicted molar refractivity (Wildman–Crippen MR) is 47.6 cm³/mol. The van der Waals surface area contributed by atoms with E-state index in [1.54, 1.807) is 13.8 Å². The number of thiocarbonyl (C=S) groups is 1. The number of nitrogens with one attached hydrogen (secondary N) is 1. The fraction of sp³-hybridized carbons (Fsp3) is 0.800. The zero-order chi connectivity index (χ0) is 8.74. The van der Waals surface area contributed by atoms with E-state index in [0.717, 1.165) is 5.49 Å². The lowest BCUT2D eigenvalue weighted by Crippen LogP contribution is -2.11. The van der Waals surface area contributed by atoms with Gasteiger partial charge in [-0.25, -0.2) is 4.57 Å². The highest BCUT2D eigenvalue weighted by atomic mass is 32.1. The molecule has 0 aromatic rings. The van der Waals surface area contributed by atoms with Gasteiger partial charge in [0, 0.05) is 0 Å². The van der Waals surface area contributed by atoms with E-state index in [1.165, 1.54) is 0 Å². The van der Waals surface area contributed by atoms with Crippen molar-refractivity contribution < 1.29 is 13.6 Å². The van der Waals surface area contributed by atoms with Crippen molar-refractivity contribution in [1.29, 1.82) is 0 Å². The van der Waals surface area contributed by atoms with E-state index in [-0.39, 0.29) is 0 Å². The molecule has 0 spiro atoms. The molecule has 0 heterocycles. The van der Waals surface area contributed by atoms with Crippen LogP contribution in [0.25, 0.3) is 0 Å². The van der Waals surface area contributed by atoms with Crippen LogP contribution < -0.4 is 5.09 Å². The fourth-order valence-electron chi connectivity index (χ4n) is 0.516. The highest BCUT2D eigenvalue weighted by Gasteiger charge is 2.20. The second-order valence-electron chi connectivity index (χ2n) is 1.58. The monoisotopic (exact) mass is 197 g/mol. The van der Waals surface area contributed by atoms with Crippen molar-refractivity contribution >= 4 is 25.5 Å². The fourth-order valence-corrected chi connectivity index (χ4v) is 1.94. The molecule has 6 heteroatoms. The van der Waals surface area contributed by atoms with Crippen LogP contribution in [0.4, 0.5) is 0 Å². The van der Waals surface area contributed by atoms with E-state index in [9.17, 15) is 4.57 Å². The molecule has 0 unspecified atom stereocenters. The molecule has 4 nitrogen and oxygen atoms in total. The van der Waals surface area contributed by atoms with Crippen molar-refractivity contribution in [2.45, 2.75) is 13.8 Å². The van der Waals surface area contributed by atoms with Crippen LogP contribution >= 0.6 is 20.0 Å². The first-order chi connectivity index (χ1) is 5.18. The minimum absolute atomic E-state index is 0.327. The Balaban J connectivity index is 4.01. The lowest BCUT2D eigenvalue weighted by molar-refractivity contribution is 0.216. The van der Waals surface area contributed by atoms with Gasteiger partial charge in [-0.15, -0.1) is 0 Å². The average Bonchev–Trinajstić information content (AvgIpc) is 1.88. The van der Waals surface area contributed by atoms with Crippen LogP contribution in [0.2, 0.25) is 0 Å². The molecule has 0 fully saturated rings. The number of hydrogen-bond acceptors (Lipinski definition) is 4. The van der Waals surface area contributed by atoms with Crippen molar-refractivity contribution in [2.75, 3.05) is 13.2 Å². The standard InChI is InChI=1S/C5H12NO3PS/c1-3-8-10(7,6-5-11)9-4-2/h5H,3-4H2,1-2H3,(H,6,7,11). The molecule has 0 aliphatic rings. The zero-order valence-corrected chi connectivity index (χ0v) is 8.28. The minimum Gasteiger partial charge on any atom is -0.293 e. The summed E-state index contributed by atoms with van der Waals surface area (Å²) in [6, 6.07) is 0. The van der Waals surface area contributed by atoms with E-state index in [2.05, 4.69) is 17.3 Å². The Bertz CT molecular complexity index is 154. The van der Waals surface area contributed by atoms with Gasteiger partial charge in [0.05, 0.1) is 18.7 Å². The first kappa shape index (κ1) is 11.0. The van der Waals surface area contributed by atoms with Gasteiger partial charge < -0.3 is 0 Å². The summed E-state index contributed by atoms with van der Waals surface area (Å²) in [4.78, 5) is 0. The Morgan fingerprint density at radius 3 is 2.18 bits per heavy atom. The summed E-state index contributed by atoms with van der Waals surface area (Å²) < 4.78 is 21.0. The molecule has 0 bridgehead atoms. The topological polar surface area (TPSA) is 47.6 Å². The molecule has 0 aromatic heterocycles. The highest BCUT2D eigenvalue weighted by molar-refractivity contribution is 7.79. The molecule has 0 aliphatic carbocycles. The van der Waals surface area contributed by atoms with E-state index < -0.39 is 7.75 Å².